The van der Waals surface area contributed by atoms with Gasteiger partial charge in [-0.25, -0.2) is 0 Å². The van der Waals surface area contributed by atoms with Gasteiger partial charge in [-0.05, 0) is 0 Å². The molecule has 0 N–H and O–H groups in total. The molecule has 0 saturated carbocycles. The summed E-state index contributed by atoms with van der Waals surface area (Å²) in [5, 5.41) is 0. The Kier molecular flexibility index (Phi) is 3.66. The molecular weight excluding hydrogens is 233 g/mol. The van der Waals surface area contributed by atoms with Gasteiger partial charge in [-0.15, -0.1) is 0 Å². The summed E-state index contributed by atoms with van der Waals surface area (Å²) < 4.78 is 1.60. The van der Waals surface area contributed by atoms with Crippen LogP contribution in [-0.2, 0) is 0 Å². The van der Waals surface area contributed by atoms with Gasteiger partial charge in [-0.1, -0.05) is 0 Å². The van der Waals surface area contributed by atoms with Crippen molar-refractivity contribution < 1.29 is 0 Å². The third-order valence-corrected chi connectivity index (χ3v) is 1.06. The molecule has 0 unspecified atom stereocenters. The molecule has 1 aliphatic rings. The van der Waals surface area contributed by atoms with Crippen LogP contribution in [0, 0.1) is 0 Å². The first kappa shape index (κ1) is 8.45. The summed E-state index contributed by atoms with van der Waals surface area (Å²) in [5.41, 5.74) is 0. The van der Waals surface area contributed by atoms with Gasteiger partial charge >= 0.3 is 24.4 Å². The van der Waals surface area contributed by atoms with E-state index >= 15 is 0 Å². The van der Waals surface area contributed by atoms with Crippen LogP contribution in [0.2, 0.25) is 0 Å². The Morgan fingerprint density at radius 1 is 1.50 bits per heavy atom. The van der Waals surface area contributed by atoms with E-state index in [0.717, 1.165) is 6.67 Å². The molecule has 0 amide bonds. The zero-order chi connectivity index (χ0) is 5.28. The van der Waals surface area contributed by atoms with Crippen molar-refractivity contribution in [1.82, 2.24) is 9.32 Å². The minimum absolute atomic E-state index is 0. The predicted molar refractivity (Wildman–Crippen MR) is 39.4 cm³/mol. The molecule has 48 valence electrons. The van der Waals surface area contributed by atoms with Crippen LogP contribution in [0.5, 0.6) is 0 Å². The van der Waals surface area contributed by atoms with E-state index in [9.17, 15) is 0 Å². The van der Waals surface area contributed by atoms with E-state index < -0.39 is 0 Å². The van der Waals surface area contributed by atoms with E-state index in [4.69, 9.17) is 11.8 Å². The summed E-state index contributed by atoms with van der Waals surface area (Å²) >= 11 is 5.51. The normalized spacial score (nSPS) is 16.8. The fourth-order valence-corrected chi connectivity index (χ4v) is 0.713. The molecule has 4 heteroatoms. The predicted octanol–water partition coefficient (Wildman–Crippen LogP) is -0.368. The molecule has 0 radical (unpaired) electrons. The van der Waals surface area contributed by atoms with Gasteiger partial charge < -0.3 is 4.90 Å². The fraction of sp³-hybridized carbons (Fsp3) is 0.500. The monoisotopic (exact) mass is 242 g/mol. The Morgan fingerprint density at radius 2 is 2.12 bits per heavy atom. The van der Waals surface area contributed by atoms with Crippen molar-refractivity contribution in [2.24, 2.45) is 0 Å². The Hall–Kier alpha value is 0.448. The van der Waals surface area contributed by atoms with Crippen molar-refractivity contribution in [3.63, 3.8) is 0 Å². The van der Waals surface area contributed by atoms with E-state index in [0.29, 0.717) is 0 Å². The minimum atomic E-state index is 0. The van der Waals surface area contributed by atoms with Crippen molar-refractivity contribution in [1.29, 1.82) is 0 Å². The first-order valence-electron chi connectivity index (χ1n) is 2.10. The molecule has 0 aromatic rings. The van der Waals surface area contributed by atoms with Crippen LogP contribution in [0.25, 0.3) is 0 Å². The van der Waals surface area contributed by atoms with Gasteiger partial charge in [-0.3, -0.25) is 4.42 Å². The molecule has 2 nitrogen and oxygen atoms in total. The van der Waals surface area contributed by atoms with Crippen LogP contribution >= 0.6 is 11.8 Å². The summed E-state index contributed by atoms with van der Waals surface area (Å²) in [6.45, 7) is 0.793. The molecule has 1 rings (SSSR count). The number of hydrogen-bond donors (Lipinski definition) is 0. The van der Waals surface area contributed by atoms with Gasteiger partial charge in [-0.2, -0.15) is 0 Å². The van der Waals surface area contributed by atoms with Gasteiger partial charge in [0.05, 0.1) is 0 Å². The number of nitrogens with zero attached hydrogens (tertiary/aromatic N) is 2. The second kappa shape index (κ2) is 3.47. The Balaban J connectivity index is 0.000000490. The molecule has 0 saturated heterocycles. The summed E-state index contributed by atoms with van der Waals surface area (Å²) in [4.78, 5) is 1.99. The van der Waals surface area contributed by atoms with Crippen LogP contribution in [0.4, 0.5) is 0 Å². The summed E-state index contributed by atoms with van der Waals surface area (Å²) in [6, 6.07) is 0. The van der Waals surface area contributed by atoms with Gasteiger partial charge in [0.1, 0.15) is 6.67 Å². The molecule has 0 bridgehead atoms. The molecule has 0 fully saturated rings. The van der Waals surface area contributed by atoms with Crippen molar-refractivity contribution in [3.05, 3.63) is 12.4 Å². The topological polar surface area (TPSA) is 6.48 Å². The third kappa shape index (κ3) is 2.14. The molecule has 0 aromatic heterocycles. The standard InChI is InChI=1S/C4H7ClN2.Sb.3H/c1-6-2-3-7(5)4-6;;;;/h2-3H,4H2,1H3;;;;. The zero-order valence-electron chi connectivity index (χ0n) is 4.84. The summed E-state index contributed by atoms with van der Waals surface area (Å²) in [5.74, 6) is 0. The van der Waals surface area contributed by atoms with Crippen LogP contribution in [0.15, 0.2) is 12.4 Å². The Bertz CT molecular complexity index is 86.0. The molecule has 1 heterocycles. The molecule has 0 spiro atoms. The first-order chi connectivity index (χ1) is 3.29. The Labute approximate surface area is 71.6 Å². The number of halogens is 1. The molecular formula is C4H10ClN2Sb. The second-order valence-corrected chi connectivity index (χ2v) is 2.03. The quantitative estimate of drug-likeness (QED) is 0.423. The fourth-order valence-electron chi connectivity index (χ4n) is 0.494. The SMILES string of the molecule is CN1C=CN(Cl)C1.[SbH3]. The van der Waals surface area contributed by atoms with Crippen LogP contribution in [-0.4, -0.2) is 47.5 Å². The first-order valence-corrected chi connectivity index (χ1v) is 2.44. The van der Waals surface area contributed by atoms with Crippen LogP contribution in [0.3, 0.4) is 0 Å². The average Bonchev–Trinajstić information content (AvgIpc) is 1.87. The number of rotatable bonds is 0. The van der Waals surface area contributed by atoms with E-state index in [-0.39, 0.29) is 24.4 Å². The maximum atomic E-state index is 5.51. The molecule has 8 heavy (non-hydrogen) atoms. The molecule has 0 atom stereocenters. The van der Waals surface area contributed by atoms with Crippen molar-refractivity contribution >= 4 is 36.2 Å². The van der Waals surface area contributed by atoms with Crippen LogP contribution < -0.4 is 0 Å². The van der Waals surface area contributed by atoms with Crippen molar-refractivity contribution in [2.75, 3.05) is 13.7 Å². The summed E-state index contributed by atoms with van der Waals surface area (Å²) in [6.07, 6.45) is 3.74. The van der Waals surface area contributed by atoms with Gasteiger partial charge in [0.25, 0.3) is 0 Å². The average molecular weight is 243 g/mol. The third-order valence-electron chi connectivity index (χ3n) is 0.841. The van der Waals surface area contributed by atoms with Gasteiger partial charge in [0.15, 0.2) is 0 Å². The molecule has 0 aliphatic carbocycles. The number of hydrogen-bond acceptors (Lipinski definition) is 2. The zero-order valence-corrected chi connectivity index (χ0v) is 9.63. The molecule has 1 aliphatic heterocycles. The second-order valence-electron chi connectivity index (χ2n) is 1.60. The van der Waals surface area contributed by atoms with E-state index in [2.05, 4.69) is 0 Å². The van der Waals surface area contributed by atoms with Crippen LogP contribution in [0.1, 0.15) is 0 Å². The van der Waals surface area contributed by atoms with Gasteiger partial charge in [0.2, 0.25) is 0 Å². The Morgan fingerprint density at radius 3 is 2.25 bits per heavy atom. The van der Waals surface area contributed by atoms with Crippen molar-refractivity contribution in [3.8, 4) is 0 Å². The van der Waals surface area contributed by atoms with E-state index in [1.54, 1.807) is 4.42 Å². The van der Waals surface area contributed by atoms with Gasteiger partial charge in [0, 0.05) is 31.2 Å². The maximum absolute atomic E-state index is 5.51. The molecule has 0 aromatic carbocycles. The van der Waals surface area contributed by atoms with Crippen molar-refractivity contribution in [2.45, 2.75) is 0 Å². The van der Waals surface area contributed by atoms with E-state index in [1.165, 1.54) is 0 Å². The van der Waals surface area contributed by atoms with E-state index in [1.807, 2.05) is 24.3 Å². The summed E-state index contributed by atoms with van der Waals surface area (Å²) in [7, 11) is 1.97.